The van der Waals surface area contributed by atoms with Crippen molar-refractivity contribution in [1.29, 1.82) is 0 Å². The summed E-state index contributed by atoms with van der Waals surface area (Å²) >= 11 is 1.91. The highest BCUT2D eigenvalue weighted by Crippen LogP contribution is 2.18. The number of aryl methyl sites for hydroxylation is 1. The molecule has 1 atom stereocenters. The lowest BCUT2D eigenvalue weighted by atomic mass is 10.0. The number of carbonyl (C=O) groups excluding carboxylic acids is 1. The van der Waals surface area contributed by atoms with E-state index in [0.717, 1.165) is 23.3 Å². The molecule has 2 rings (SSSR count). The van der Waals surface area contributed by atoms with E-state index in [9.17, 15) is 4.79 Å². The van der Waals surface area contributed by atoms with Crippen molar-refractivity contribution >= 4 is 17.7 Å². The van der Waals surface area contributed by atoms with Crippen LogP contribution < -0.4 is 11.1 Å². The van der Waals surface area contributed by atoms with Crippen LogP contribution in [0, 0.1) is 18.8 Å². The second kappa shape index (κ2) is 7.37. The zero-order valence-electron chi connectivity index (χ0n) is 11.7. The molecule has 1 saturated heterocycles. The van der Waals surface area contributed by atoms with Crippen molar-refractivity contribution in [2.45, 2.75) is 25.8 Å². The quantitative estimate of drug-likeness (QED) is 0.818. The molecule has 20 heavy (non-hydrogen) atoms. The Morgan fingerprint density at radius 1 is 1.55 bits per heavy atom. The topological polar surface area (TPSA) is 55.1 Å². The Balaban J connectivity index is 2.11. The van der Waals surface area contributed by atoms with Crippen LogP contribution in [0.25, 0.3) is 0 Å². The highest BCUT2D eigenvalue weighted by Gasteiger charge is 2.18. The molecule has 1 unspecified atom stereocenters. The number of amides is 1. The number of nitrogens with two attached hydrogens (primary N) is 1. The molecule has 0 aromatic heterocycles. The number of hydrogen-bond donors (Lipinski definition) is 2. The van der Waals surface area contributed by atoms with E-state index in [-0.39, 0.29) is 5.91 Å². The van der Waals surface area contributed by atoms with Gasteiger partial charge < -0.3 is 11.1 Å². The summed E-state index contributed by atoms with van der Waals surface area (Å²) in [6, 6.07) is 6.00. The third kappa shape index (κ3) is 4.03. The number of rotatable bonds is 2. The first-order chi connectivity index (χ1) is 9.70. The zero-order chi connectivity index (χ0) is 14.4. The fourth-order valence-electron chi connectivity index (χ4n) is 2.22. The summed E-state index contributed by atoms with van der Waals surface area (Å²) in [7, 11) is 0. The van der Waals surface area contributed by atoms with Gasteiger partial charge in [-0.25, -0.2) is 0 Å². The van der Waals surface area contributed by atoms with E-state index < -0.39 is 0 Å². The van der Waals surface area contributed by atoms with Crippen LogP contribution in [0.3, 0.4) is 0 Å². The van der Waals surface area contributed by atoms with Crippen molar-refractivity contribution in [3.63, 3.8) is 0 Å². The molecule has 1 aliphatic rings. The van der Waals surface area contributed by atoms with Gasteiger partial charge in [0, 0.05) is 22.9 Å². The maximum absolute atomic E-state index is 12.4. The second-order valence-electron chi connectivity index (χ2n) is 4.92. The zero-order valence-corrected chi connectivity index (χ0v) is 12.6. The monoisotopic (exact) mass is 288 g/mol. The van der Waals surface area contributed by atoms with Crippen molar-refractivity contribution in [2.24, 2.45) is 5.73 Å². The Morgan fingerprint density at radius 2 is 2.40 bits per heavy atom. The molecule has 3 N–H and O–H groups in total. The van der Waals surface area contributed by atoms with E-state index in [4.69, 9.17) is 5.73 Å². The molecule has 1 amide bonds. The summed E-state index contributed by atoms with van der Waals surface area (Å²) in [5, 5.41) is 3.13. The van der Waals surface area contributed by atoms with Crippen LogP contribution in [0.15, 0.2) is 18.2 Å². The molecule has 3 nitrogen and oxygen atoms in total. The van der Waals surface area contributed by atoms with Gasteiger partial charge >= 0.3 is 0 Å². The van der Waals surface area contributed by atoms with Gasteiger partial charge in [-0.05, 0) is 43.2 Å². The molecule has 0 spiro atoms. The van der Waals surface area contributed by atoms with Gasteiger partial charge in [0.05, 0.1) is 6.54 Å². The molecular weight excluding hydrogens is 268 g/mol. The summed E-state index contributed by atoms with van der Waals surface area (Å²) in [5.74, 6) is 8.01. The Hall–Kier alpha value is -1.44. The molecule has 1 aromatic carbocycles. The summed E-state index contributed by atoms with van der Waals surface area (Å²) in [4.78, 5) is 12.4. The third-order valence-corrected chi connectivity index (χ3v) is 4.53. The second-order valence-corrected chi connectivity index (χ2v) is 6.07. The third-order valence-electron chi connectivity index (χ3n) is 3.31. The fraction of sp³-hybridized carbons (Fsp3) is 0.438. The van der Waals surface area contributed by atoms with Crippen molar-refractivity contribution in [3.05, 3.63) is 34.9 Å². The minimum absolute atomic E-state index is 0.00592. The van der Waals surface area contributed by atoms with Crippen molar-refractivity contribution in [1.82, 2.24) is 5.32 Å². The first-order valence-electron chi connectivity index (χ1n) is 6.89. The van der Waals surface area contributed by atoms with E-state index in [0.29, 0.717) is 18.2 Å². The molecule has 0 aliphatic carbocycles. The largest absolute Gasteiger partial charge is 0.348 e. The van der Waals surface area contributed by atoms with E-state index in [1.54, 1.807) is 0 Å². The number of thioether (sulfide) groups is 1. The Morgan fingerprint density at radius 3 is 3.10 bits per heavy atom. The number of carbonyl (C=O) groups is 1. The van der Waals surface area contributed by atoms with E-state index >= 15 is 0 Å². The molecule has 106 valence electrons. The van der Waals surface area contributed by atoms with E-state index in [1.807, 2.05) is 36.9 Å². The Labute approximate surface area is 124 Å². The van der Waals surface area contributed by atoms with Crippen LogP contribution in [-0.4, -0.2) is 30.0 Å². The minimum atomic E-state index is 0.00592. The molecule has 4 heteroatoms. The van der Waals surface area contributed by atoms with Gasteiger partial charge in [-0.15, -0.1) is 0 Å². The van der Waals surface area contributed by atoms with Crippen LogP contribution in [0.2, 0.25) is 0 Å². The first kappa shape index (κ1) is 15.0. The fourth-order valence-corrected chi connectivity index (χ4v) is 3.29. The molecule has 0 radical (unpaired) electrons. The predicted molar refractivity (Wildman–Crippen MR) is 84.9 cm³/mol. The maximum atomic E-state index is 12.4. The maximum Gasteiger partial charge on any atom is 0.251 e. The number of hydrogen-bond acceptors (Lipinski definition) is 3. The highest BCUT2D eigenvalue weighted by molar-refractivity contribution is 7.99. The van der Waals surface area contributed by atoms with E-state index in [2.05, 4.69) is 17.2 Å². The van der Waals surface area contributed by atoms with Crippen molar-refractivity contribution in [3.8, 4) is 11.8 Å². The number of nitrogens with one attached hydrogen (secondary N) is 1. The standard InChI is InChI=1S/C16H20N2OS/c1-12-6-7-13(4-2-8-17)10-15(12)16(19)18-14-5-3-9-20-11-14/h6-7,10,14H,3,5,8-9,11,17H2,1H3,(H,18,19). The van der Waals surface area contributed by atoms with Gasteiger partial charge in [-0.3, -0.25) is 4.79 Å². The minimum Gasteiger partial charge on any atom is -0.348 e. The molecular formula is C16H20N2OS. The van der Waals surface area contributed by atoms with Crippen LogP contribution in [0.1, 0.15) is 34.3 Å². The predicted octanol–water partition coefficient (Wildman–Crippen LogP) is 1.93. The molecule has 1 fully saturated rings. The summed E-state index contributed by atoms with van der Waals surface area (Å²) in [5.41, 5.74) is 7.90. The van der Waals surface area contributed by atoms with E-state index in [1.165, 1.54) is 12.2 Å². The Kier molecular flexibility index (Phi) is 5.51. The molecule has 1 aromatic rings. The van der Waals surface area contributed by atoms with Crippen LogP contribution >= 0.6 is 11.8 Å². The summed E-state index contributed by atoms with van der Waals surface area (Å²) in [6.07, 6.45) is 2.25. The lowest BCUT2D eigenvalue weighted by Gasteiger charge is -2.22. The first-order valence-corrected chi connectivity index (χ1v) is 8.04. The molecule has 0 saturated carbocycles. The summed E-state index contributed by atoms with van der Waals surface area (Å²) < 4.78 is 0. The van der Waals surface area contributed by atoms with Gasteiger partial charge in [-0.1, -0.05) is 17.9 Å². The normalized spacial score (nSPS) is 18.0. The average molecular weight is 288 g/mol. The van der Waals surface area contributed by atoms with Gasteiger partial charge in [0.25, 0.3) is 5.91 Å². The van der Waals surface area contributed by atoms with Crippen LogP contribution in [0.5, 0.6) is 0 Å². The van der Waals surface area contributed by atoms with Crippen LogP contribution in [0.4, 0.5) is 0 Å². The van der Waals surface area contributed by atoms with Gasteiger partial charge in [0.2, 0.25) is 0 Å². The smallest absolute Gasteiger partial charge is 0.251 e. The highest BCUT2D eigenvalue weighted by atomic mass is 32.2. The number of benzene rings is 1. The van der Waals surface area contributed by atoms with Gasteiger partial charge in [0.15, 0.2) is 0 Å². The van der Waals surface area contributed by atoms with Crippen molar-refractivity contribution in [2.75, 3.05) is 18.1 Å². The summed E-state index contributed by atoms with van der Waals surface area (Å²) in [6.45, 7) is 2.28. The Bertz CT molecular complexity index is 539. The molecule has 0 bridgehead atoms. The van der Waals surface area contributed by atoms with Crippen LogP contribution in [-0.2, 0) is 0 Å². The van der Waals surface area contributed by atoms with Crippen molar-refractivity contribution < 1.29 is 4.79 Å². The average Bonchev–Trinajstić information content (AvgIpc) is 2.47. The molecule has 1 heterocycles. The molecule has 1 aliphatic heterocycles. The lowest BCUT2D eigenvalue weighted by molar-refractivity contribution is 0.0938. The van der Waals surface area contributed by atoms with Gasteiger partial charge in [-0.2, -0.15) is 11.8 Å². The van der Waals surface area contributed by atoms with Gasteiger partial charge in [0.1, 0.15) is 0 Å². The lowest BCUT2D eigenvalue weighted by Crippen LogP contribution is -2.38. The SMILES string of the molecule is Cc1ccc(C#CCN)cc1C(=O)NC1CCCSC1.